The van der Waals surface area contributed by atoms with Gasteiger partial charge in [0, 0.05) is 22.2 Å². The van der Waals surface area contributed by atoms with Crippen LogP contribution >= 0.6 is 0 Å². The van der Waals surface area contributed by atoms with Crippen molar-refractivity contribution in [3.8, 4) is 39.9 Å². The highest BCUT2D eigenvalue weighted by Crippen LogP contribution is 2.37. The molecule has 44 heavy (non-hydrogen) atoms. The fourth-order valence-corrected chi connectivity index (χ4v) is 7.37. The van der Waals surface area contributed by atoms with Gasteiger partial charge in [-0.1, -0.05) is 132 Å². The molecule has 5 aromatic carbocycles. The quantitative estimate of drug-likeness (QED) is 0.229. The lowest BCUT2D eigenvalue weighted by atomic mass is 9.39. The number of aryl methyl sites for hydroxylation is 1. The Bertz CT molecular complexity index is 2110. The Hall–Kier alpha value is -5.29. The summed E-state index contributed by atoms with van der Waals surface area (Å²) in [5.41, 5.74) is 12.7. The fraction of sp³-hybridized carbons (Fsp3) is 0.103. The first-order valence-electron chi connectivity index (χ1n) is 15.5. The second kappa shape index (κ2) is 10.2. The van der Waals surface area contributed by atoms with Crippen LogP contribution < -0.4 is 16.4 Å². The van der Waals surface area contributed by atoms with Gasteiger partial charge in [0.1, 0.15) is 0 Å². The summed E-state index contributed by atoms with van der Waals surface area (Å²) in [6.07, 6.45) is 4.46. The molecule has 0 atom stereocenters. The first kappa shape index (κ1) is 25.2. The molecule has 2 aliphatic rings. The lowest BCUT2D eigenvalue weighted by Crippen LogP contribution is -2.48. The third kappa shape index (κ3) is 3.96. The maximum absolute atomic E-state index is 5.18. The third-order valence-corrected chi connectivity index (χ3v) is 9.34. The summed E-state index contributed by atoms with van der Waals surface area (Å²) < 4.78 is 2.36. The van der Waals surface area contributed by atoms with Crippen LogP contribution in [0.3, 0.4) is 0 Å². The minimum atomic E-state index is 0.185. The lowest BCUT2D eigenvalue weighted by molar-refractivity contribution is 0.661. The van der Waals surface area contributed by atoms with Gasteiger partial charge in [-0.25, -0.2) is 4.98 Å². The summed E-state index contributed by atoms with van der Waals surface area (Å²) in [5.74, 6) is 2.07. The summed E-state index contributed by atoms with van der Waals surface area (Å²) in [4.78, 5) is 15.3. The number of hydrogen-bond donors (Lipinski definition) is 0. The van der Waals surface area contributed by atoms with Crippen LogP contribution in [-0.2, 0) is 12.8 Å². The van der Waals surface area contributed by atoms with Gasteiger partial charge in [0.05, 0.1) is 5.52 Å². The Labute approximate surface area is 257 Å². The molecule has 7 aromatic rings. The zero-order chi connectivity index (χ0) is 29.0. The van der Waals surface area contributed by atoms with E-state index in [0.717, 1.165) is 24.0 Å². The molecule has 0 bridgehead atoms. The molecule has 208 valence electrons. The summed E-state index contributed by atoms with van der Waals surface area (Å²) in [5, 5.41) is 1.32. The molecule has 0 unspecified atom stereocenters. The topological polar surface area (TPSA) is 43.6 Å². The largest absolute Gasteiger partial charge is 0.282 e. The standard InChI is InChI=1S/C39H29BN4/c1-4-14-26(15-5-1)37-41-38(27-16-6-2-7-17-27)43-39(42-37)44-35-23-13-11-21-30(35)32-24-31-29-20-10-12-22-33(29)40(34(31)25-36(32)44)28-18-8-3-9-19-28/h1-10,12,14-20,22,24-25H,11,13,21,23H2. The molecule has 1 aliphatic carbocycles. The van der Waals surface area contributed by atoms with E-state index < -0.39 is 0 Å². The van der Waals surface area contributed by atoms with Gasteiger partial charge in [0.2, 0.25) is 12.7 Å². The average Bonchev–Trinajstić information content (AvgIpc) is 3.60. The Morgan fingerprint density at radius 1 is 0.545 bits per heavy atom. The zero-order valence-corrected chi connectivity index (χ0v) is 24.3. The van der Waals surface area contributed by atoms with Gasteiger partial charge >= 0.3 is 0 Å². The Morgan fingerprint density at radius 2 is 1.16 bits per heavy atom. The molecule has 0 saturated heterocycles. The molecule has 2 aromatic heterocycles. The third-order valence-electron chi connectivity index (χ3n) is 9.34. The molecule has 5 heteroatoms. The highest BCUT2D eigenvalue weighted by Gasteiger charge is 2.35. The predicted octanol–water partition coefficient (Wildman–Crippen LogP) is 6.52. The van der Waals surface area contributed by atoms with Crippen molar-refractivity contribution in [3.05, 3.63) is 139 Å². The Kier molecular flexibility index (Phi) is 5.83. The fourth-order valence-electron chi connectivity index (χ4n) is 7.37. The monoisotopic (exact) mass is 564 g/mol. The average molecular weight is 565 g/mol. The minimum Gasteiger partial charge on any atom is -0.282 e. The van der Waals surface area contributed by atoms with Gasteiger partial charge in [-0.2, -0.15) is 9.97 Å². The first-order chi connectivity index (χ1) is 21.8. The second-order valence-electron chi connectivity index (χ2n) is 11.9. The number of hydrogen-bond acceptors (Lipinski definition) is 3. The van der Waals surface area contributed by atoms with E-state index in [1.165, 1.54) is 62.5 Å². The van der Waals surface area contributed by atoms with Crippen LogP contribution in [0.4, 0.5) is 0 Å². The van der Waals surface area contributed by atoms with E-state index >= 15 is 0 Å². The molecule has 0 radical (unpaired) electrons. The number of rotatable bonds is 4. The van der Waals surface area contributed by atoms with Crippen LogP contribution in [0.1, 0.15) is 24.1 Å². The predicted molar refractivity (Wildman–Crippen MR) is 181 cm³/mol. The molecule has 0 N–H and O–H groups in total. The molecule has 4 nitrogen and oxygen atoms in total. The molecular weight excluding hydrogens is 535 g/mol. The molecule has 0 fully saturated rings. The van der Waals surface area contributed by atoms with Crippen LogP contribution in [0.5, 0.6) is 0 Å². The first-order valence-corrected chi connectivity index (χ1v) is 15.5. The molecule has 3 heterocycles. The summed E-state index contributed by atoms with van der Waals surface area (Å²) in [6.45, 7) is 0.185. The Morgan fingerprint density at radius 3 is 1.86 bits per heavy atom. The summed E-state index contributed by atoms with van der Waals surface area (Å²) in [7, 11) is 0. The maximum atomic E-state index is 5.18. The molecule has 0 spiro atoms. The number of aromatic nitrogens is 4. The van der Waals surface area contributed by atoms with Crippen LogP contribution in [0.25, 0.3) is 50.8 Å². The normalized spacial score (nSPS) is 13.5. The Balaban J connectivity index is 1.34. The van der Waals surface area contributed by atoms with E-state index in [1.807, 2.05) is 36.4 Å². The van der Waals surface area contributed by atoms with E-state index in [2.05, 4.69) is 95.6 Å². The molecular formula is C39H29BN4. The van der Waals surface area contributed by atoms with E-state index in [9.17, 15) is 0 Å². The van der Waals surface area contributed by atoms with Gasteiger partial charge in [-0.15, -0.1) is 0 Å². The van der Waals surface area contributed by atoms with Crippen molar-refractivity contribution in [1.29, 1.82) is 0 Å². The van der Waals surface area contributed by atoms with Crippen molar-refractivity contribution in [3.63, 3.8) is 0 Å². The summed E-state index contributed by atoms with van der Waals surface area (Å²) >= 11 is 0. The van der Waals surface area contributed by atoms with Crippen molar-refractivity contribution in [1.82, 2.24) is 19.5 Å². The van der Waals surface area contributed by atoms with Crippen molar-refractivity contribution in [2.45, 2.75) is 25.7 Å². The number of nitrogens with zero attached hydrogens (tertiary/aromatic N) is 4. The maximum Gasteiger partial charge on any atom is 0.242 e. The van der Waals surface area contributed by atoms with E-state index in [0.29, 0.717) is 17.6 Å². The van der Waals surface area contributed by atoms with Gasteiger partial charge in [-0.05, 0) is 54.5 Å². The van der Waals surface area contributed by atoms with Gasteiger partial charge in [0.15, 0.2) is 11.6 Å². The minimum absolute atomic E-state index is 0.185. The van der Waals surface area contributed by atoms with Crippen molar-refractivity contribution in [2.75, 3.05) is 0 Å². The summed E-state index contributed by atoms with van der Waals surface area (Å²) in [6, 6.07) is 45.3. The molecule has 9 rings (SSSR count). The molecule has 0 amide bonds. The van der Waals surface area contributed by atoms with Crippen molar-refractivity contribution in [2.24, 2.45) is 0 Å². The van der Waals surface area contributed by atoms with Crippen LogP contribution in [0.2, 0.25) is 0 Å². The van der Waals surface area contributed by atoms with Crippen LogP contribution in [0.15, 0.2) is 127 Å². The SMILES string of the molecule is c1ccc(B2c3ccccc3-c3cc4c5c(n(-c6nc(-c7ccccc7)nc(-c7ccccc7)n6)c4cc32)CCCC5)cc1. The highest BCUT2D eigenvalue weighted by molar-refractivity contribution is 6.99. The number of fused-ring (bicyclic) bond motifs is 6. The van der Waals surface area contributed by atoms with Crippen molar-refractivity contribution >= 4 is 34.0 Å². The van der Waals surface area contributed by atoms with Crippen LogP contribution in [-0.4, -0.2) is 26.2 Å². The zero-order valence-electron chi connectivity index (χ0n) is 24.3. The van der Waals surface area contributed by atoms with E-state index in [-0.39, 0.29) is 6.71 Å². The van der Waals surface area contributed by atoms with Gasteiger partial charge < -0.3 is 0 Å². The van der Waals surface area contributed by atoms with Crippen LogP contribution in [0, 0.1) is 0 Å². The van der Waals surface area contributed by atoms with Crippen molar-refractivity contribution < 1.29 is 0 Å². The van der Waals surface area contributed by atoms with E-state index in [4.69, 9.17) is 15.0 Å². The smallest absolute Gasteiger partial charge is 0.242 e. The molecule has 1 aliphatic heterocycles. The van der Waals surface area contributed by atoms with Gasteiger partial charge in [-0.3, -0.25) is 4.57 Å². The number of benzene rings is 5. The van der Waals surface area contributed by atoms with Gasteiger partial charge in [0.25, 0.3) is 0 Å². The highest BCUT2D eigenvalue weighted by atomic mass is 15.2. The molecule has 0 saturated carbocycles. The van der Waals surface area contributed by atoms with E-state index in [1.54, 1.807) is 0 Å². The second-order valence-corrected chi connectivity index (χ2v) is 11.9. The lowest BCUT2D eigenvalue weighted by Gasteiger charge is -2.16.